The average molecular weight is 211 g/mol. The normalized spacial score (nSPS) is 11.5. The molecule has 1 aromatic carbocycles. The molecule has 0 aliphatic rings. The lowest BCUT2D eigenvalue weighted by Crippen LogP contribution is -2.19. The predicted octanol–water partition coefficient (Wildman–Crippen LogP) is 2.71. The SMILES string of the molecule is Fc1cc[c]c(OCC(F)(F)F)c1F. The molecule has 6 heteroatoms. The van der Waals surface area contributed by atoms with E-state index in [2.05, 4.69) is 4.74 Å². The van der Waals surface area contributed by atoms with Crippen LogP contribution in [0, 0.1) is 17.7 Å². The molecule has 14 heavy (non-hydrogen) atoms. The molecule has 1 radical (unpaired) electrons. The van der Waals surface area contributed by atoms with Gasteiger partial charge in [0.1, 0.15) is 0 Å². The van der Waals surface area contributed by atoms with Gasteiger partial charge in [-0.15, -0.1) is 0 Å². The van der Waals surface area contributed by atoms with Crippen molar-refractivity contribution >= 4 is 0 Å². The van der Waals surface area contributed by atoms with Gasteiger partial charge in [0.25, 0.3) is 0 Å². The van der Waals surface area contributed by atoms with Gasteiger partial charge in [-0.25, -0.2) is 4.39 Å². The molecule has 0 unspecified atom stereocenters. The van der Waals surface area contributed by atoms with Gasteiger partial charge >= 0.3 is 6.18 Å². The number of hydrogen-bond acceptors (Lipinski definition) is 1. The average Bonchev–Trinajstić information content (AvgIpc) is 2.06. The molecule has 0 aliphatic heterocycles. The van der Waals surface area contributed by atoms with Crippen molar-refractivity contribution in [1.82, 2.24) is 0 Å². The van der Waals surface area contributed by atoms with Crippen molar-refractivity contribution in [2.24, 2.45) is 0 Å². The van der Waals surface area contributed by atoms with Crippen LogP contribution < -0.4 is 4.74 Å². The topological polar surface area (TPSA) is 9.23 Å². The molecule has 0 atom stereocenters. The Morgan fingerprint density at radius 2 is 1.93 bits per heavy atom. The Kier molecular flexibility index (Phi) is 2.93. The molecule has 1 rings (SSSR count). The van der Waals surface area contributed by atoms with Gasteiger partial charge < -0.3 is 4.74 Å². The first-order valence-electron chi connectivity index (χ1n) is 3.45. The van der Waals surface area contributed by atoms with Crippen LogP contribution in [-0.4, -0.2) is 12.8 Å². The fourth-order valence-electron chi connectivity index (χ4n) is 0.695. The van der Waals surface area contributed by atoms with Gasteiger partial charge in [-0.05, 0) is 12.1 Å². The molecule has 0 N–H and O–H groups in total. The van der Waals surface area contributed by atoms with Gasteiger partial charge in [0.15, 0.2) is 18.2 Å². The zero-order chi connectivity index (χ0) is 10.8. The Morgan fingerprint density at radius 3 is 2.50 bits per heavy atom. The van der Waals surface area contributed by atoms with Crippen LogP contribution in [0.5, 0.6) is 5.75 Å². The molecule has 0 amide bonds. The van der Waals surface area contributed by atoms with Crippen LogP contribution in [0.25, 0.3) is 0 Å². The van der Waals surface area contributed by atoms with E-state index in [4.69, 9.17) is 0 Å². The molecular formula is C8H4F5O. The standard InChI is InChI=1S/C8H4F5O/c9-5-2-1-3-6(7(5)10)14-4-8(11,12)13/h1-2H,4H2. The van der Waals surface area contributed by atoms with Crippen molar-refractivity contribution in [1.29, 1.82) is 0 Å². The third-order valence-electron chi connectivity index (χ3n) is 1.23. The fraction of sp³-hybridized carbons (Fsp3) is 0.250. The number of alkyl halides is 3. The summed E-state index contributed by atoms with van der Waals surface area (Å²) >= 11 is 0. The highest BCUT2D eigenvalue weighted by molar-refractivity contribution is 5.23. The number of hydrogen-bond donors (Lipinski definition) is 0. The second-order valence-corrected chi connectivity index (χ2v) is 2.37. The van der Waals surface area contributed by atoms with Gasteiger partial charge in [0, 0.05) is 6.07 Å². The van der Waals surface area contributed by atoms with Gasteiger partial charge in [-0.1, -0.05) is 0 Å². The maximum Gasteiger partial charge on any atom is 0.422 e. The van der Waals surface area contributed by atoms with Crippen molar-refractivity contribution in [2.45, 2.75) is 6.18 Å². The number of benzene rings is 1. The number of halogens is 5. The van der Waals surface area contributed by atoms with E-state index >= 15 is 0 Å². The minimum absolute atomic E-state index is 0.732. The lowest BCUT2D eigenvalue weighted by atomic mass is 10.3. The van der Waals surface area contributed by atoms with E-state index in [9.17, 15) is 22.0 Å². The highest BCUT2D eigenvalue weighted by Crippen LogP contribution is 2.21. The molecule has 0 saturated carbocycles. The lowest BCUT2D eigenvalue weighted by Gasteiger charge is -2.09. The van der Waals surface area contributed by atoms with Crippen LogP contribution >= 0.6 is 0 Å². The molecule has 0 spiro atoms. The highest BCUT2D eigenvalue weighted by Gasteiger charge is 2.29. The first kappa shape index (κ1) is 10.7. The van der Waals surface area contributed by atoms with E-state index in [0.717, 1.165) is 12.1 Å². The van der Waals surface area contributed by atoms with E-state index in [1.165, 1.54) is 0 Å². The van der Waals surface area contributed by atoms with Crippen molar-refractivity contribution in [3.63, 3.8) is 0 Å². The summed E-state index contributed by atoms with van der Waals surface area (Å²) in [5.74, 6) is -3.63. The third-order valence-corrected chi connectivity index (χ3v) is 1.23. The second-order valence-electron chi connectivity index (χ2n) is 2.37. The first-order chi connectivity index (χ1) is 6.40. The predicted molar refractivity (Wildman–Crippen MR) is 36.7 cm³/mol. The Bertz CT molecular complexity index is 320. The zero-order valence-electron chi connectivity index (χ0n) is 6.66. The van der Waals surface area contributed by atoms with Crippen LogP contribution in [0.3, 0.4) is 0 Å². The number of ether oxygens (including phenoxy) is 1. The van der Waals surface area contributed by atoms with Gasteiger partial charge in [-0.3, -0.25) is 0 Å². The first-order valence-corrected chi connectivity index (χ1v) is 3.45. The largest absolute Gasteiger partial charge is 0.480 e. The van der Waals surface area contributed by atoms with Gasteiger partial charge in [0.2, 0.25) is 5.82 Å². The molecule has 0 bridgehead atoms. The van der Waals surface area contributed by atoms with E-state index in [1.807, 2.05) is 6.07 Å². The summed E-state index contributed by atoms with van der Waals surface area (Å²) in [5, 5.41) is 0. The van der Waals surface area contributed by atoms with Crippen LogP contribution in [-0.2, 0) is 0 Å². The maximum atomic E-state index is 12.7. The molecule has 0 saturated heterocycles. The van der Waals surface area contributed by atoms with Crippen LogP contribution in [0.1, 0.15) is 0 Å². The Morgan fingerprint density at radius 1 is 1.29 bits per heavy atom. The second kappa shape index (κ2) is 3.81. The number of rotatable bonds is 2. The van der Waals surface area contributed by atoms with E-state index in [-0.39, 0.29) is 0 Å². The van der Waals surface area contributed by atoms with Crippen molar-refractivity contribution in [3.8, 4) is 5.75 Å². The summed E-state index contributed by atoms with van der Waals surface area (Å²) in [6.45, 7) is -1.68. The van der Waals surface area contributed by atoms with Crippen LogP contribution in [0.15, 0.2) is 12.1 Å². The smallest absolute Gasteiger partial charge is 0.422 e. The minimum atomic E-state index is -4.59. The molecule has 1 nitrogen and oxygen atoms in total. The zero-order valence-corrected chi connectivity index (χ0v) is 6.66. The van der Waals surface area contributed by atoms with Gasteiger partial charge in [-0.2, -0.15) is 17.6 Å². The molecular weight excluding hydrogens is 207 g/mol. The molecule has 77 valence electrons. The van der Waals surface area contributed by atoms with Crippen molar-refractivity contribution in [2.75, 3.05) is 6.61 Å². The molecule has 0 fully saturated rings. The summed E-state index contributed by atoms with van der Waals surface area (Å²) in [6.07, 6.45) is -4.59. The van der Waals surface area contributed by atoms with Crippen LogP contribution in [0.4, 0.5) is 22.0 Å². The minimum Gasteiger partial charge on any atom is -0.480 e. The fourth-order valence-corrected chi connectivity index (χ4v) is 0.695. The maximum absolute atomic E-state index is 12.7. The van der Waals surface area contributed by atoms with E-state index < -0.39 is 30.2 Å². The van der Waals surface area contributed by atoms with Crippen molar-refractivity contribution in [3.05, 3.63) is 29.8 Å². The summed E-state index contributed by atoms with van der Waals surface area (Å²) in [4.78, 5) is 0. The summed E-state index contributed by atoms with van der Waals surface area (Å²) in [5.41, 5.74) is 0. The molecule has 0 heterocycles. The molecule has 0 aromatic heterocycles. The summed E-state index contributed by atoms with van der Waals surface area (Å²) < 4.78 is 64.0. The Balaban J connectivity index is 2.73. The molecule has 0 aliphatic carbocycles. The third kappa shape index (κ3) is 2.86. The van der Waals surface area contributed by atoms with Crippen LogP contribution in [0.2, 0.25) is 0 Å². The quantitative estimate of drug-likeness (QED) is 0.683. The monoisotopic (exact) mass is 211 g/mol. The summed E-state index contributed by atoms with van der Waals surface area (Å²) in [6, 6.07) is 3.68. The lowest BCUT2D eigenvalue weighted by molar-refractivity contribution is -0.153. The highest BCUT2D eigenvalue weighted by atomic mass is 19.4. The summed E-state index contributed by atoms with van der Waals surface area (Å²) in [7, 11) is 0. The van der Waals surface area contributed by atoms with Gasteiger partial charge in [0.05, 0.1) is 0 Å². The molecule has 1 aromatic rings. The van der Waals surface area contributed by atoms with Crippen molar-refractivity contribution < 1.29 is 26.7 Å². The Labute approximate surface area is 76.1 Å². The Hall–Kier alpha value is -1.33. The van der Waals surface area contributed by atoms with E-state index in [0.29, 0.717) is 0 Å². The van der Waals surface area contributed by atoms with E-state index in [1.54, 1.807) is 0 Å².